The molecule has 42 heavy (non-hydrogen) atoms. The van der Waals surface area contributed by atoms with Crippen molar-refractivity contribution in [1.82, 2.24) is 5.32 Å². The van der Waals surface area contributed by atoms with E-state index in [-0.39, 0.29) is 40.1 Å². The molecule has 7 heteroatoms. The third-order valence-electron chi connectivity index (χ3n) is 12.4. The molecule has 0 aliphatic heterocycles. The van der Waals surface area contributed by atoms with E-state index >= 15 is 0 Å². The van der Waals surface area contributed by atoms with Gasteiger partial charge in [-0.3, -0.25) is 9.59 Å². The molecule has 0 spiro atoms. The lowest BCUT2D eigenvalue weighted by molar-refractivity contribution is -0.238. The van der Waals surface area contributed by atoms with Crippen LogP contribution >= 0.6 is 0 Å². The smallest absolute Gasteiger partial charge is 0.407 e. The van der Waals surface area contributed by atoms with E-state index < -0.39 is 11.7 Å². The van der Waals surface area contributed by atoms with Crippen LogP contribution in [-0.2, 0) is 25.6 Å². The van der Waals surface area contributed by atoms with Gasteiger partial charge in [0.2, 0.25) is 5.91 Å². The number of nitrogens with one attached hydrogen (secondary N) is 2. The van der Waals surface area contributed by atoms with E-state index in [2.05, 4.69) is 10.6 Å². The number of methoxy groups -OCH3 is 1. The third-order valence-corrected chi connectivity index (χ3v) is 12.4. The maximum absolute atomic E-state index is 14.4. The van der Waals surface area contributed by atoms with Gasteiger partial charge in [-0.25, -0.2) is 4.79 Å². The second kappa shape index (κ2) is 9.46. The zero-order chi connectivity index (χ0) is 29.5. The van der Waals surface area contributed by atoms with Gasteiger partial charge in [0.05, 0.1) is 17.9 Å². The average molecular weight is 577 g/mol. The summed E-state index contributed by atoms with van der Waals surface area (Å²) in [5.74, 6) is 2.58. The number of hydrogen-bond acceptors (Lipinski definition) is 5. The first-order chi connectivity index (χ1) is 19.9. The number of hydrogen-bond donors (Lipinski definition) is 2. The zero-order valence-corrected chi connectivity index (χ0v) is 25.9. The quantitative estimate of drug-likeness (QED) is 0.356. The Morgan fingerprint density at radius 1 is 0.810 bits per heavy atom. The molecular weight excluding hydrogens is 528 g/mol. The fourth-order valence-electron chi connectivity index (χ4n) is 12.0. The number of benzene rings is 1. The first-order valence-electron chi connectivity index (χ1n) is 16.3. The van der Waals surface area contributed by atoms with Crippen molar-refractivity contribution in [2.75, 3.05) is 12.4 Å². The molecule has 9 rings (SSSR count). The molecule has 8 bridgehead atoms. The maximum atomic E-state index is 14.4. The Hall–Kier alpha value is -2.57. The van der Waals surface area contributed by atoms with Crippen molar-refractivity contribution in [2.24, 2.45) is 45.3 Å². The molecule has 1 aromatic carbocycles. The first-order valence-corrected chi connectivity index (χ1v) is 16.3. The molecule has 0 radical (unpaired) electrons. The van der Waals surface area contributed by atoms with Crippen molar-refractivity contribution < 1.29 is 23.9 Å². The minimum Gasteiger partial charge on any atom is -0.469 e. The van der Waals surface area contributed by atoms with Crippen molar-refractivity contribution in [1.29, 1.82) is 0 Å². The topological polar surface area (TPSA) is 93.7 Å². The number of rotatable bonds is 6. The number of carbonyl (C=O) groups excluding carboxylic acids is 3. The van der Waals surface area contributed by atoms with Crippen LogP contribution in [0.25, 0.3) is 0 Å². The van der Waals surface area contributed by atoms with Crippen LogP contribution in [0.3, 0.4) is 0 Å². The highest BCUT2D eigenvalue weighted by Crippen LogP contribution is 2.78. The Bertz CT molecular complexity index is 1270. The molecule has 0 saturated heterocycles. The molecule has 4 unspecified atom stereocenters. The van der Waals surface area contributed by atoms with Gasteiger partial charge in [0.25, 0.3) is 0 Å². The third kappa shape index (κ3) is 4.47. The number of ether oxygens (including phenoxy) is 2. The van der Waals surface area contributed by atoms with Crippen LogP contribution in [0.15, 0.2) is 24.3 Å². The number of amides is 2. The molecule has 0 heterocycles. The maximum Gasteiger partial charge on any atom is 0.407 e. The van der Waals surface area contributed by atoms with Gasteiger partial charge < -0.3 is 20.1 Å². The lowest BCUT2D eigenvalue weighted by Gasteiger charge is -2.73. The van der Waals surface area contributed by atoms with Gasteiger partial charge in [-0.05, 0) is 144 Å². The number of para-hydroxylation sites is 1. The average Bonchev–Trinajstić information content (AvgIpc) is 2.89. The molecule has 4 atom stereocenters. The summed E-state index contributed by atoms with van der Waals surface area (Å²) >= 11 is 0. The Morgan fingerprint density at radius 3 is 1.88 bits per heavy atom. The summed E-state index contributed by atoms with van der Waals surface area (Å²) in [4.78, 5) is 40.0. The van der Waals surface area contributed by atoms with Gasteiger partial charge in [-0.15, -0.1) is 0 Å². The molecule has 1 aromatic rings. The molecule has 8 fully saturated rings. The molecule has 8 aliphatic rings. The van der Waals surface area contributed by atoms with Crippen molar-refractivity contribution >= 4 is 23.7 Å². The summed E-state index contributed by atoms with van der Waals surface area (Å²) in [6, 6.07) is 7.77. The molecule has 8 saturated carbocycles. The van der Waals surface area contributed by atoms with Crippen LogP contribution in [0.2, 0.25) is 0 Å². The highest BCUT2D eigenvalue weighted by atomic mass is 16.6. The SMILES string of the molecule is COC(=O)C12CC3CC(C1)CC(C14CC5CC(CC(C(=O)Nc6ccccc6CNC(=O)OC(C)(C)C)(C5)C1)C4)(C3)C2. The van der Waals surface area contributed by atoms with Crippen molar-refractivity contribution in [3.8, 4) is 0 Å². The minimum absolute atomic E-state index is 0.0229. The summed E-state index contributed by atoms with van der Waals surface area (Å²) in [6.07, 6.45) is 12.8. The van der Waals surface area contributed by atoms with Crippen LogP contribution in [0.5, 0.6) is 0 Å². The van der Waals surface area contributed by atoms with Crippen LogP contribution < -0.4 is 10.6 Å². The molecule has 2 amide bonds. The monoisotopic (exact) mass is 576 g/mol. The van der Waals surface area contributed by atoms with E-state index in [1.165, 1.54) is 38.5 Å². The number of anilines is 1. The second-order valence-corrected chi connectivity index (χ2v) is 16.5. The molecule has 228 valence electrons. The van der Waals surface area contributed by atoms with Gasteiger partial charge >= 0.3 is 12.1 Å². The van der Waals surface area contributed by atoms with E-state index in [1.54, 1.807) is 7.11 Å². The van der Waals surface area contributed by atoms with E-state index in [9.17, 15) is 14.4 Å². The normalized spacial score (nSPS) is 41.0. The predicted octanol–water partition coefficient (Wildman–Crippen LogP) is 7.00. The largest absolute Gasteiger partial charge is 0.469 e. The fourth-order valence-corrected chi connectivity index (χ4v) is 12.0. The van der Waals surface area contributed by atoms with Crippen LogP contribution in [-0.4, -0.2) is 30.7 Å². The highest BCUT2D eigenvalue weighted by Gasteiger charge is 2.72. The van der Waals surface area contributed by atoms with E-state index in [4.69, 9.17) is 9.47 Å². The molecule has 2 N–H and O–H groups in total. The van der Waals surface area contributed by atoms with E-state index in [0.29, 0.717) is 23.7 Å². The zero-order valence-electron chi connectivity index (χ0n) is 25.9. The summed E-state index contributed by atoms with van der Waals surface area (Å²) in [6.45, 7) is 5.82. The Kier molecular flexibility index (Phi) is 6.36. The highest BCUT2D eigenvalue weighted by molar-refractivity contribution is 5.96. The summed E-state index contributed by atoms with van der Waals surface area (Å²) in [5, 5.41) is 6.21. The molecule has 0 aromatic heterocycles. The minimum atomic E-state index is -0.570. The van der Waals surface area contributed by atoms with Crippen LogP contribution in [0, 0.1) is 45.3 Å². The lowest BCUT2D eigenvalue weighted by atomic mass is 9.31. The van der Waals surface area contributed by atoms with E-state index in [1.807, 2.05) is 45.0 Å². The van der Waals surface area contributed by atoms with Gasteiger partial charge in [-0.1, -0.05) is 18.2 Å². The van der Waals surface area contributed by atoms with Gasteiger partial charge in [0.15, 0.2) is 0 Å². The second-order valence-electron chi connectivity index (χ2n) is 16.5. The number of carbonyl (C=O) groups is 3. The summed E-state index contributed by atoms with van der Waals surface area (Å²) in [7, 11) is 1.57. The Balaban J connectivity index is 1.14. The van der Waals surface area contributed by atoms with Crippen molar-refractivity contribution in [2.45, 2.75) is 110 Å². The van der Waals surface area contributed by atoms with Gasteiger partial charge in [0, 0.05) is 12.2 Å². The number of esters is 1. The standard InChI is InChI=1S/C35H48N2O5/c1-31(2,3)42-30(40)36-19-26-7-5-6-8-27(26)37-28(38)32-11-22-9-23(12-32)16-34(15-22,20-32)35-17-24-10-25(18-35)14-33(13-24,21-35)29(39)41-4/h5-8,22-25H,9-21H2,1-4H3,(H,36,40)(H,37,38). The number of alkyl carbamates (subject to hydrolysis) is 1. The lowest BCUT2D eigenvalue weighted by Crippen LogP contribution is -2.66. The Morgan fingerprint density at radius 2 is 1.33 bits per heavy atom. The van der Waals surface area contributed by atoms with Gasteiger partial charge in [-0.2, -0.15) is 0 Å². The van der Waals surface area contributed by atoms with Gasteiger partial charge in [0.1, 0.15) is 5.60 Å². The molecular formula is C35H48N2O5. The van der Waals surface area contributed by atoms with Crippen molar-refractivity contribution in [3.05, 3.63) is 29.8 Å². The predicted molar refractivity (Wildman–Crippen MR) is 159 cm³/mol. The van der Waals surface area contributed by atoms with Crippen LogP contribution in [0.1, 0.15) is 103 Å². The first kappa shape index (κ1) is 28.2. The Labute approximate surface area is 250 Å². The van der Waals surface area contributed by atoms with Crippen molar-refractivity contribution in [3.63, 3.8) is 0 Å². The molecule has 8 aliphatic carbocycles. The fraction of sp³-hybridized carbons (Fsp3) is 0.743. The molecule has 7 nitrogen and oxygen atoms in total. The summed E-state index contributed by atoms with van der Waals surface area (Å²) in [5.41, 5.74) is 0.696. The summed E-state index contributed by atoms with van der Waals surface area (Å²) < 4.78 is 10.9. The van der Waals surface area contributed by atoms with E-state index in [0.717, 1.165) is 49.8 Å². The van der Waals surface area contributed by atoms with Crippen LogP contribution in [0.4, 0.5) is 10.5 Å².